The largest absolute Gasteiger partial charge is 0.460 e. The number of hydrogen-bond acceptors (Lipinski definition) is 10. The number of carbonyl (C=O) groups excluding carboxylic acids is 4. The second-order valence-corrected chi connectivity index (χ2v) is 11.6. The molecule has 1 saturated heterocycles. The van der Waals surface area contributed by atoms with E-state index >= 15 is 0 Å². The average molecular weight is 486 g/mol. The van der Waals surface area contributed by atoms with E-state index in [1.807, 2.05) is 6.92 Å². The maximum atomic E-state index is 12.7. The van der Waals surface area contributed by atoms with E-state index in [4.69, 9.17) is 18.9 Å². The summed E-state index contributed by atoms with van der Waals surface area (Å²) in [6, 6.07) is 0. The van der Waals surface area contributed by atoms with Crippen LogP contribution in [0.2, 0.25) is 0 Å². The van der Waals surface area contributed by atoms with E-state index in [-0.39, 0.29) is 47.9 Å². The molecule has 1 aliphatic heterocycles. The Balaban J connectivity index is 1.25. The molecule has 4 bridgehead atoms. The number of hydrogen-bond donors (Lipinski definition) is 1. The molecule has 0 aromatic carbocycles. The lowest BCUT2D eigenvalue weighted by molar-refractivity contribution is -0.170. The molecule has 1 heterocycles. The molecule has 0 radical (unpaired) electrons. The second-order valence-electron chi connectivity index (χ2n) is 10.0. The molecule has 5 rings (SSSR count). The molecule has 0 spiro atoms. The maximum absolute atomic E-state index is 12.7. The van der Waals surface area contributed by atoms with Gasteiger partial charge in [0.05, 0.1) is 12.3 Å². The van der Waals surface area contributed by atoms with Crippen LogP contribution >= 0.6 is 0 Å². The summed E-state index contributed by atoms with van der Waals surface area (Å²) >= 11 is 0. The fourth-order valence-corrected chi connectivity index (χ4v) is 7.56. The Kier molecular flexibility index (Phi) is 5.43. The molecule has 0 amide bonds. The molecule has 5 fully saturated rings. The highest BCUT2D eigenvalue weighted by molar-refractivity contribution is 7.87. The lowest BCUT2D eigenvalue weighted by atomic mass is 9.86. The summed E-state index contributed by atoms with van der Waals surface area (Å²) in [5.41, 5.74) is 0. The van der Waals surface area contributed by atoms with Gasteiger partial charge in [-0.15, -0.1) is 0 Å². The highest BCUT2D eigenvalue weighted by Gasteiger charge is 2.63. The van der Waals surface area contributed by atoms with E-state index < -0.39 is 58.1 Å². The zero-order valence-electron chi connectivity index (χ0n) is 17.9. The fourth-order valence-electron chi connectivity index (χ4n) is 6.91. The van der Waals surface area contributed by atoms with Gasteiger partial charge < -0.3 is 18.9 Å². The van der Waals surface area contributed by atoms with Crippen molar-refractivity contribution in [1.29, 1.82) is 0 Å². The molecule has 1 N–H and O–H groups in total. The number of rotatable bonds is 8. The van der Waals surface area contributed by atoms with Gasteiger partial charge in [0, 0.05) is 23.7 Å². The number of esters is 3. The van der Waals surface area contributed by atoms with Crippen LogP contribution in [0.15, 0.2) is 0 Å². The van der Waals surface area contributed by atoms with E-state index in [0.29, 0.717) is 19.3 Å². The van der Waals surface area contributed by atoms with Crippen molar-refractivity contribution in [2.24, 2.45) is 35.5 Å². The smallest absolute Gasteiger partial charge is 0.327 e. The Morgan fingerprint density at radius 3 is 2.48 bits per heavy atom. The Morgan fingerprint density at radius 2 is 1.79 bits per heavy atom. The monoisotopic (exact) mass is 486 g/mol. The Labute approximate surface area is 190 Å². The second kappa shape index (κ2) is 7.93. The van der Waals surface area contributed by atoms with Crippen LogP contribution in [0.1, 0.15) is 39.0 Å². The van der Waals surface area contributed by atoms with Crippen LogP contribution in [-0.2, 0) is 48.2 Å². The third kappa shape index (κ3) is 3.71. The first kappa shape index (κ1) is 22.6. The van der Waals surface area contributed by atoms with Crippen molar-refractivity contribution < 1.29 is 51.1 Å². The minimum Gasteiger partial charge on any atom is -0.460 e. The molecule has 182 valence electrons. The standard InChI is InChI=1S/C21H26O11S/c1-8-2-9-3-11(8)18(29-7-22)16(9)31-21(25)14(33(26,27)28)6-15(23)30-17-10-4-12-13(5-10)20(24)32-19(12)17/h7-14,16-19H,2-6H2,1H3,(H,26,27,28). The van der Waals surface area contributed by atoms with Gasteiger partial charge in [0.25, 0.3) is 16.6 Å². The molecule has 11 unspecified atom stereocenters. The Morgan fingerprint density at radius 1 is 1.09 bits per heavy atom. The lowest BCUT2D eigenvalue weighted by Crippen LogP contribution is -2.45. The van der Waals surface area contributed by atoms with Crippen molar-refractivity contribution >= 4 is 34.5 Å². The Bertz CT molecular complexity index is 977. The molecule has 4 aliphatic carbocycles. The van der Waals surface area contributed by atoms with Crippen LogP contribution in [0.25, 0.3) is 0 Å². The predicted molar refractivity (Wildman–Crippen MR) is 106 cm³/mol. The maximum Gasteiger partial charge on any atom is 0.327 e. The highest BCUT2D eigenvalue weighted by Crippen LogP contribution is 2.55. The van der Waals surface area contributed by atoms with Crippen LogP contribution in [0.4, 0.5) is 0 Å². The van der Waals surface area contributed by atoms with Gasteiger partial charge in [0.1, 0.15) is 24.4 Å². The summed E-state index contributed by atoms with van der Waals surface area (Å²) in [6.45, 7) is 2.27. The van der Waals surface area contributed by atoms with Crippen LogP contribution in [-0.4, -0.2) is 67.0 Å². The van der Waals surface area contributed by atoms with E-state index in [1.165, 1.54) is 0 Å². The van der Waals surface area contributed by atoms with Crippen molar-refractivity contribution in [3.63, 3.8) is 0 Å². The van der Waals surface area contributed by atoms with Gasteiger partial charge in [-0.3, -0.25) is 23.7 Å². The molecule has 11 nitrogen and oxygen atoms in total. The van der Waals surface area contributed by atoms with Crippen LogP contribution < -0.4 is 0 Å². The van der Waals surface area contributed by atoms with Crippen molar-refractivity contribution in [3.8, 4) is 0 Å². The zero-order valence-corrected chi connectivity index (χ0v) is 18.7. The van der Waals surface area contributed by atoms with Crippen molar-refractivity contribution in [1.82, 2.24) is 0 Å². The first-order valence-electron chi connectivity index (χ1n) is 11.2. The molecule has 4 saturated carbocycles. The molecular formula is C21H26O11S. The number of ether oxygens (including phenoxy) is 4. The summed E-state index contributed by atoms with van der Waals surface area (Å²) < 4.78 is 54.7. The highest BCUT2D eigenvalue weighted by atomic mass is 32.2. The molecule has 5 aliphatic rings. The van der Waals surface area contributed by atoms with Crippen molar-refractivity contribution in [2.45, 2.75) is 68.7 Å². The van der Waals surface area contributed by atoms with E-state index in [2.05, 4.69) is 0 Å². The molecule has 12 heteroatoms. The third-order valence-electron chi connectivity index (χ3n) is 8.31. The SMILES string of the molecule is CC1CC2CC1C(OC=O)C2OC(=O)C(CC(=O)OC1C2CC3C(=O)OC1C3C2)S(=O)(=O)O. The van der Waals surface area contributed by atoms with Crippen molar-refractivity contribution in [2.75, 3.05) is 0 Å². The first-order valence-corrected chi connectivity index (χ1v) is 12.7. The predicted octanol–water partition coefficient (Wildman–Crippen LogP) is 0.255. The quantitative estimate of drug-likeness (QED) is 0.217. The van der Waals surface area contributed by atoms with Crippen LogP contribution in [0.3, 0.4) is 0 Å². The summed E-state index contributed by atoms with van der Waals surface area (Å²) in [4.78, 5) is 48.1. The zero-order chi connectivity index (χ0) is 23.7. The van der Waals surface area contributed by atoms with Gasteiger partial charge in [-0.1, -0.05) is 6.92 Å². The minimum atomic E-state index is -4.99. The first-order chi connectivity index (χ1) is 15.6. The normalized spacial score (nSPS) is 43.3. The lowest BCUT2D eigenvalue weighted by Gasteiger charge is -2.33. The van der Waals surface area contributed by atoms with Gasteiger partial charge in [0.15, 0.2) is 5.25 Å². The molecule has 33 heavy (non-hydrogen) atoms. The fraction of sp³-hybridized carbons (Fsp3) is 0.810. The topological polar surface area (TPSA) is 160 Å². The average Bonchev–Trinajstić information content (AvgIpc) is 3.49. The minimum absolute atomic E-state index is 0.0112. The van der Waals surface area contributed by atoms with Gasteiger partial charge >= 0.3 is 17.9 Å². The molecule has 0 aromatic rings. The van der Waals surface area contributed by atoms with E-state index in [9.17, 15) is 32.1 Å². The molecule has 0 aromatic heterocycles. The van der Waals surface area contributed by atoms with Gasteiger partial charge in [-0.05, 0) is 31.6 Å². The molecular weight excluding hydrogens is 460 g/mol. The summed E-state index contributed by atoms with van der Waals surface area (Å²) in [5, 5.41) is -2.17. The molecule has 11 atom stereocenters. The van der Waals surface area contributed by atoms with Gasteiger partial charge in [-0.2, -0.15) is 8.42 Å². The van der Waals surface area contributed by atoms with Crippen LogP contribution in [0, 0.1) is 35.5 Å². The number of carbonyl (C=O) groups is 4. The summed E-state index contributed by atoms with van der Waals surface area (Å²) in [7, 11) is -4.99. The Hall–Kier alpha value is -2.21. The van der Waals surface area contributed by atoms with Crippen LogP contribution in [0.5, 0.6) is 0 Å². The van der Waals surface area contributed by atoms with E-state index in [1.54, 1.807) is 0 Å². The summed E-state index contributed by atoms with van der Waals surface area (Å²) in [5.74, 6) is -2.72. The van der Waals surface area contributed by atoms with Gasteiger partial charge in [0.2, 0.25) is 0 Å². The van der Waals surface area contributed by atoms with Gasteiger partial charge in [-0.25, -0.2) is 0 Å². The van der Waals surface area contributed by atoms with Crippen molar-refractivity contribution in [3.05, 3.63) is 0 Å². The third-order valence-corrected chi connectivity index (χ3v) is 9.39. The van der Waals surface area contributed by atoms with E-state index in [0.717, 1.165) is 6.42 Å². The summed E-state index contributed by atoms with van der Waals surface area (Å²) in [6.07, 6.45) is -1.11. The number of fused-ring (bicyclic) bond motifs is 3.